The highest BCUT2D eigenvalue weighted by Crippen LogP contribution is 2.37. The van der Waals surface area contributed by atoms with E-state index in [1.54, 1.807) is 12.4 Å². The van der Waals surface area contributed by atoms with E-state index in [1.165, 1.54) is 0 Å². The van der Waals surface area contributed by atoms with Gasteiger partial charge in [0.25, 0.3) is 5.91 Å². The summed E-state index contributed by atoms with van der Waals surface area (Å²) in [5, 5.41) is 11.4. The number of nitrogens with one attached hydrogen (secondary N) is 1. The molecule has 4 heterocycles. The molecule has 3 aromatic heterocycles. The molecule has 6 rings (SSSR count). The molecule has 1 saturated carbocycles. The molecule has 2 atom stereocenters. The van der Waals surface area contributed by atoms with Gasteiger partial charge in [0.2, 0.25) is 0 Å². The number of hydrogen-bond donors (Lipinski definition) is 1. The molecule has 8 heteroatoms. The third kappa shape index (κ3) is 3.81. The van der Waals surface area contributed by atoms with Crippen LogP contribution in [0.3, 0.4) is 0 Å². The van der Waals surface area contributed by atoms with Gasteiger partial charge < -0.3 is 14.6 Å². The summed E-state index contributed by atoms with van der Waals surface area (Å²) < 4.78 is 8.34. The van der Waals surface area contributed by atoms with Crippen molar-refractivity contribution in [3.63, 3.8) is 0 Å². The number of aromatic nitrogens is 5. The molecular weight excluding hydrogens is 428 g/mol. The Morgan fingerprint density at radius 1 is 1.09 bits per heavy atom. The van der Waals surface area contributed by atoms with Crippen molar-refractivity contribution >= 4 is 11.7 Å². The number of benzene rings is 1. The molecule has 0 spiro atoms. The number of nitrogens with zero attached hydrogens (tertiary/aromatic N) is 5. The minimum Gasteiger partial charge on any atom is -0.492 e. The second kappa shape index (κ2) is 8.37. The fourth-order valence-corrected chi connectivity index (χ4v) is 4.82. The number of fused-ring (bicyclic) bond motifs is 8. The summed E-state index contributed by atoms with van der Waals surface area (Å²) in [6, 6.07) is 15.5. The van der Waals surface area contributed by atoms with Crippen LogP contribution in [0.5, 0.6) is 5.75 Å². The van der Waals surface area contributed by atoms with Crippen molar-refractivity contribution in [3.05, 3.63) is 72.3 Å². The van der Waals surface area contributed by atoms with Gasteiger partial charge in [-0.15, -0.1) is 10.2 Å². The Morgan fingerprint density at radius 2 is 2.00 bits per heavy atom. The highest BCUT2D eigenvalue weighted by atomic mass is 16.5. The molecule has 1 fully saturated rings. The minimum absolute atomic E-state index is 0.274. The normalized spacial score (nSPS) is 19.4. The summed E-state index contributed by atoms with van der Waals surface area (Å²) in [5.74, 6) is 1.85. The summed E-state index contributed by atoms with van der Waals surface area (Å²) in [6.45, 7) is 2.51. The molecule has 1 aliphatic carbocycles. The van der Waals surface area contributed by atoms with Crippen LogP contribution in [-0.4, -0.2) is 37.2 Å². The summed E-state index contributed by atoms with van der Waals surface area (Å²) in [6.07, 6.45) is 6.64. The molecule has 2 unspecified atom stereocenters. The maximum Gasteiger partial charge on any atom is 0.260 e. The Balaban J connectivity index is 1.42. The van der Waals surface area contributed by atoms with E-state index < -0.39 is 0 Å². The highest BCUT2D eigenvalue weighted by Gasteiger charge is 2.29. The molecule has 8 nitrogen and oxygen atoms in total. The predicted octanol–water partition coefficient (Wildman–Crippen LogP) is 4.70. The Morgan fingerprint density at radius 3 is 2.88 bits per heavy atom. The van der Waals surface area contributed by atoms with Crippen LogP contribution < -0.4 is 10.1 Å². The van der Waals surface area contributed by atoms with Crippen LogP contribution in [0.25, 0.3) is 22.6 Å². The van der Waals surface area contributed by atoms with Crippen molar-refractivity contribution < 1.29 is 9.53 Å². The minimum atomic E-state index is -0.274. The molecule has 4 aromatic rings. The average Bonchev–Trinajstić information content (AvgIpc) is 3.52. The molecule has 1 amide bonds. The van der Waals surface area contributed by atoms with Gasteiger partial charge in [0.05, 0.1) is 12.2 Å². The lowest BCUT2D eigenvalue weighted by molar-refractivity contribution is 0.102. The Hall–Kier alpha value is -4.07. The topological polar surface area (TPSA) is 94.8 Å². The largest absolute Gasteiger partial charge is 0.492 e. The van der Waals surface area contributed by atoms with E-state index in [9.17, 15) is 4.79 Å². The Bertz CT molecular complexity index is 1360. The van der Waals surface area contributed by atoms with Crippen LogP contribution in [0.1, 0.15) is 41.4 Å². The van der Waals surface area contributed by atoms with Gasteiger partial charge >= 0.3 is 0 Å². The van der Waals surface area contributed by atoms with Gasteiger partial charge in [-0.25, -0.2) is 4.98 Å². The zero-order chi connectivity index (χ0) is 23.1. The van der Waals surface area contributed by atoms with Crippen molar-refractivity contribution in [1.29, 1.82) is 0 Å². The van der Waals surface area contributed by atoms with Crippen LogP contribution in [0.2, 0.25) is 0 Å². The van der Waals surface area contributed by atoms with E-state index >= 15 is 0 Å². The number of pyridine rings is 2. The highest BCUT2D eigenvalue weighted by molar-refractivity contribution is 6.06. The van der Waals surface area contributed by atoms with E-state index in [4.69, 9.17) is 4.74 Å². The van der Waals surface area contributed by atoms with Crippen LogP contribution >= 0.6 is 0 Å². The lowest BCUT2D eigenvalue weighted by Gasteiger charge is -2.18. The van der Waals surface area contributed by atoms with Gasteiger partial charge in [-0.2, -0.15) is 0 Å². The number of anilines is 1. The van der Waals surface area contributed by atoms with E-state index in [1.807, 2.05) is 55.6 Å². The van der Waals surface area contributed by atoms with Crippen LogP contribution in [0, 0.1) is 12.8 Å². The van der Waals surface area contributed by atoms with Gasteiger partial charge in [0, 0.05) is 23.5 Å². The first kappa shape index (κ1) is 20.5. The molecule has 1 N–H and O–H groups in total. The van der Waals surface area contributed by atoms with Crippen LogP contribution in [0.15, 0.2) is 61.1 Å². The maximum absolute atomic E-state index is 13.4. The van der Waals surface area contributed by atoms with Crippen molar-refractivity contribution in [2.24, 2.45) is 5.92 Å². The number of amides is 1. The molecule has 34 heavy (non-hydrogen) atoms. The Labute approximate surface area is 197 Å². The number of carbonyl (C=O) groups is 1. The van der Waals surface area contributed by atoms with Gasteiger partial charge in [0.15, 0.2) is 5.82 Å². The van der Waals surface area contributed by atoms with Gasteiger partial charge in [-0.1, -0.05) is 18.2 Å². The number of rotatable bonds is 1. The standard InChI is InChI=1S/C26H24N6O2/c1-16-5-7-19(13-27-16)18-8-10-23-21(12-18)26(33)30-24-4-2-3-22(29-24)25-31-28-15-32(25)20-9-6-17(11-20)14-34-23/h2-5,7-8,10,12-13,15,17,20H,6,9,11,14H2,1H3,(H,29,30,33). The second-order valence-corrected chi connectivity index (χ2v) is 8.97. The first-order valence-electron chi connectivity index (χ1n) is 11.5. The number of carbonyl (C=O) groups excluding carboxylic acids is 1. The SMILES string of the molecule is Cc1ccc(-c2ccc3c(c2)C(=O)Nc2cccc(n2)-c2nncn2C2CCC(CO3)C2)cn1. The maximum atomic E-state index is 13.4. The summed E-state index contributed by atoms with van der Waals surface area (Å²) in [7, 11) is 0. The zero-order valence-corrected chi connectivity index (χ0v) is 18.8. The second-order valence-electron chi connectivity index (χ2n) is 8.97. The van der Waals surface area contributed by atoms with E-state index in [2.05, 4.69) is 30.0 Å². The third-order valence-electron chi connectivity index (χ3n) is 6.64. The Kier molecular flexibility index (Phi) is 5.05. The molecular formula is C26H24N6O2. The lowest BCUT2D eigenvalue weighted by atomic mass is 10.0. The quantitative estimate of drug-likeness (QED) is 0.450. The van der Waals surface area contributed by atoms with Crippen molar-refractivity contribution in [2.45, 2.75) is 32.2 Å². The number of hydrogen-bond acceptors (Lipinski definition) is 6. The number of aryl methyl sites for hydroxylation is 1. The molecule has 0 radical (unpaired) electrons. The zero-order valence-electron chi connectivity index (χ0n) is 18.8. The van der Waals surface area contributed by atoms with Gasteiger partial charge in [-0.05, 0) is 68.0 Å². The summed E-state index contributed by atoms with van der Waals surface area (Å²) in [4.78, 5) is 22.4. The fourth-order valence-electron chi connectivity index (χ4n) is 4.82. The van der Waals surface area contributed by atoms with Gasteiger partial charge in [-0.3, -0.25) is 9.78 Å². The van der Waals surface area contributed by atoms with Crippen molar-refractivity contribution in [3.8, 4) is 28.4 Å². The van der Waals surface area contributed by atoms with E-state index in [0.29, 0.717) is 47.2 Å². The van der Waals surface area contributed by atoms with E-state index in [0.717, 1.165) is 36.1 Å². The molecule has 0 saturated heterocycles. The molecule has 2 aliphatic rings. The lowest BCUT2D eigenvalue weighted by Crippen LogP contribution is -2.17. The smallest absolute Gasteiger partial charge is 0.260 e. The van der Waals surface area contributed by atoms with Crippen molar-refractivity contribution in [1.82, 2.24) is 24.7 Å². The molecule has 1 aromatic carbocycles. The van der Waals surface area contributed by atoms with Crippen molar-refractivity contribution in [2.75, 3.05) is 11.9 Å². The first-order valence-corrected chi connectivity index (χ1v) is 11.5. The van der Waals surface area contributed by atoms with Gasteiger partial charge in [0.1, 0.15) is 23.6 Å². The average molecular weight is 453 g/mol. The van der Waals surface area contributed by atoms with E-state index in [-0.39, 0.29) is 5.91 Å². The summed E-state index contributed by atoms with van der Waals surface area (Å²) >= 11 is 0. The molecule has 170 valence electrons. The fraction of sp³-hybridized carbons (Fsp3) is 0.269. The number of ether oxygens (including phenoxy) is 1. The monoisotopic (exact) mass is 452 g/mol. The summed E-state index contributed by atoms with van der Waals surface area (Å²) in [5.41, 5.74) is 3.95. The van der Waals surface area contributed by atoms with Crippen LogP contribution in [0.4, 0.5) is 5.82 Å². The molecule has 1 aliphatic heterocycles. The third-order valence-corrected chi connectivity index (χ3v) is 6.64. The van der Waals surface area contributed by atoms with Crippen LogP contribution in [-0.2, 0) is 0 Å². The first-order chi connectivity index (χ1) is 16.6. The molecule has 4 bridgehead atoms. The predicted molar refractivity (Wildman–Crippen MR) is 127 cm³/mol.